The average Bonchev–Trinajstić information content (AvgIpc) is 3.40. The summed E-state index contributed by atoms with van der Waals surface area (Å²) in [4.78, 5) is 49.1. The van der Waals surface area contributed by atoms with Gasteiger partial charge in [-0.2, -0.15) is 4.99 Å². The monoisotopic (exact) mass is 500 g/mol. The Kier molecular flexibility index (Phi) is 6.71. The number of carbonyl (C=O) groups excluding carboxylic acids is 2. The second-order valence-electron chi connectivity index (χ2n) is 9.15. The van der Waals surface area contributed by atoms with E-state index in [2.05, 4.69) is 4.99 Å². The first-order valence-electron chi connectivity index (χ1n) is 12.4. The van der Waals surface area contributed by atoms with Crippen LogP contribution in [0.1, 0.15) is 51.6 Å². The summed E-state index contributed by atoms with van der Waals surface area (Å²) < 4.78 is 14.3. The van der Waals surface area contributed by atoms with Crippen LogP contribution in [0.4, 0.5) is 0 Å². The first-order chi connectivity index (χ1) is 17.9. The second kappa shape index (κ2) is 10.1. The molecular weight excluding hydrogens is 472 g/mol. The number of hydrogen-bond donors (Lipinski definition) is 0. The van der Waals surface area contributed by atoms with Crippen LogP contribution >= 0.6 is 0 Å². The lowest BCUT2D eigenvalue weighted by atomic mass is 10.1. The molecule has 5 rings (SSSR count). The highest BCUT2D eigenvalue weighted by Crippen LogP contribution is 2.18. The first kappa shape index (κ1) is 24.6. The molecule has 1 amide bonds. The molecule has 1 aliphatic heterocycles. The number of carbonyl (C=O) groups is 2. The molecule has 1 aliphatic rings. The number of hydrogen-bond acceptors (Lipinski definition) is 6. The van der Waals surface area contributed by atoms with Gasteiger partial charge in [-0.05, 0) is 75.1 Å². The van der Waals surface area contributed by atoms with Gasteiger partial charge in [-0.15, -0.1) is 0 Å². The zero-order valence-electron chi connectivity index (χ0n) is 21.1. The number of aromatic nitrogens is 3. The van der Waals surface area contributed by atoms with Crippen LogP contribution in [0.25, 0.3) is 16.7 Å². The summed E-state index contributed by atoms with van der Waals surface area (Å²) in [6.07, 6.45) is 3.15. The van der Waals surface area contributed by atoms with Crippen LogP contribution in [0.2, 0.25) is 0 Å². The molecule has 9 nitrogen and oxygen atoms in total. The molecular formula is C28H28N4O5. The Morgan fingerprint density at radius 2 is 2.00 bits per heavy atom. The lowest BCUT2D eigenvalue weighted by Crippen LogP contribution is -2.35. The third-order valence-corrected chi connectivity index (χ3v) is 6.66. The van der Waals surface area contributed by atoms with E-state index in [0.717, 1.165) is 24.0 Å². The molecule has 4 heterocycles. The van der Waals surface area contributed by atoms with Crippen molar-refractivity contribution in [2.45, 2.75) is 46.3 Å². The van der Waals surface area contributed by atoms with E-state index in [9.17, 15) is 14.4 Å². The number of aryl methyl sites for hydroxylation is 2. The molecule has 0 spiro atoms. The Hall–Kier alpha value is -4.11. The lowest BCUT2D eigenvalue weighted by molar-refractivity contribution is 0.0521. The fraction of sp³-hybridized carbons (Fsp3) is 0.321. The minimum atomic E-state index is -0.672. The quantitative estimate of drug-likeness (QED) is 0.307. The maximum absolute atomic E-state index is 13.5. The highest BCUT2D eigenvalue weighted by Gasteiger charge is 2.24. The summed E-state index contributed by atoms with van der Waals surface area (Å²) in [5, 5.41) is 0.224. The van der Waals surface area contributed by atoms with E-state index in [1.54, 1.807) is 48.0 Å². The maximum atomic E-state index is 13.5. The largest absolute Gasteiger partial charge is 0.462 e. The van der Waals surface area contributed by atoms with Crippen molar-refractivity contribution >= 4 is 28.6 Å². The van der Waals surface area contributed by atoms with Crippen molar-refractivity contribution < 1.29 is 19.1 Å². The van der Waals surface area contributed by atoms with Crippen LogP contribution in [0.3, 0.4) is 0 Å². The summed E-state index contributed by atoms with van der Waals surface area (Å²) in [5.74, 6) is -1.18. The molecule has 1 fully saturated rings. The highest BCUT2D eigenvalue weighted by atomic mass is 16.5. The van der Waals surface area contributed by atoms with Gasteiger partial charge in [0.25, 0.3) is 11.5 Å². The van der Waals surface area contributed by atoms with Gasteiger partial charge in [-0.3, -0.25) is 14.0 Å². The van der Waals surface area contributed by atoms with Gasteiger partial charge >= 0.3 is 5.97 Å². The van der Waals surface area contributed by atoms with E-state index in [1.807, 2.05) is 19.9 Å². The van der Waals surface area contributed by atoms with E-state index < -0.39 is 11.9 Å². The number of amides is 1. The fourth-order valence-electron chi connectivity index (χ4n) is 4.56. The molecule has 1 saturated heterocycles. The number of esters is 1. The predicted octanol–water partition coefficient (Wildman–Crippen LogP) is 3.36. The molecule has 4 aromatic rings. The van der Waals surface area contributed by atoms with Crippen LogP contribution in [0.5, 0.6) is 0 Å². The molecule has 0 saturated carbocycles. The Bertz CT molecular complexity index is 1660. The summed E-state index contributed by atoms with van der Waals surface area (Å²) in [7, 11) is 0. The number of pyridine rings is 2. The molecule has 0 aliphatic carbocycles. The minimum Gasteiger partial charge on any atom is -0.462 e. The molecule has 0 N–H and O–H groups in total. The van der Waals surface area contributed by atoms with E-state index in [1.165, 1.54) is 10.5 Å². The normalized spacial score (nSPS) is 16.0. The van der Waals surface area contributed by atoms with Gasteiger partial charge in [0.05, 0.1) is 24.6 Å². The number of fused-ring (bicyclic) bond motifs is 2. The van der Waals surface area contributed by atoms with E-state index in [0.29, 0.717) is 23.5 Å². The molecule has 0 radical (unpaired) electrons. The van der Waals surface area contributed by atoms with Crippen molar-refractivity contribution in [3.8, 4) is 0 Å². The third-order valence-electron chi connectivity index (χ3n) is 6.66. The molecule has 1 aromatic carbocycles. The lowest BCUT2D eigenvalue weighted by Gasteiger charge is -2.18. The van der Waals surface area contributed by atoms with Crippen LogP contribution in [0.15, 0.2) is 58.4 Å². The molecule has 3 aromatic heterocycles. The second-order valence-corrected chi connectivity index (χ2v) is 9.15. The highest BCUT2D eigenvalue weighted by molar-refractivity contribution is 5.97. The Balaban J connectivity index is 1.85. The Morgan fingerprint density at radius 3 is 2.73 bits per heavy atom. The topological polar surface area (TPSA) is 104 Å². The van der Waals surface area contributed by atoms with Crippen LogP contribution in [-0.4, -0.2) is 45.1 Å². The molecule has 1 unspecified atom stereocenters. The number of nitrogens with zero attached hydrogens (tertiary/aromatic N) is 4. The molecule has 0 bridgehead atoms. The standard InChI is InChI=1S/C28H28N4O5/c1-4-36-28(35)22-15-21-24(29-23-9-5-6-12-31(23)27(21)34)32(16-20-8-7-13-37-20)25(22)30-26(33)19-11-10-17(2)18(3)14-19/h5-6,9-12,14-15,20H,4,7-8,13,16H2,1-3H3. The van der Waals surface area contributed by atoms with Crippen molar-refractivity contribution in [3.63, 3.8) is 0 Å². The van der Waals surface area contributed by atoms with Gasteiger partial charge in [0.1, 0.15) is 16.9 Å². The van der Waals surface area contributed by atoms with Gasteiger partial charge in [-0.25, -0.2) is 9.78 Å². The fourth-order valence-corrected chi connectivity index (χ4v) is 4.56. The van der Waals surface area contributed by atoms with Crippen LogP contribution < -0.4 is 11.0 Å². The molecule has 9 heteroatoms. The van der Waals surface area contributed by atoms with Gasteiger partial charge in [0, 0.05) is 18.4 Å². The zero-order valence-corrected chi connectivity index (χ0v) is 21.1. The smallest absolute Gasteiger partial charge is 0.341 e. The minimum absolute atomic E-state index is 0.0271. The third kappa shape index (κ3) is 4.70. The summed E-state index contributed by atoms with van der Waals surface area (Å²) >= 11 is 0. The zero-order chi connectivity index (χ0) is 26.1. The Labute approximate surface area is 213 Å². The summed E-state index contributed by atoms with van der Waals surface area (Å²) in [5.41, 5.74) is 2.96. The number of ether oxygens (including phenoxy) is 2. The van der Waals surface area contributed by atoms with Crippen LogP contribution in [0, 0.1) is 13.8 Å². The molecule has 190 valence electrons. The van der Waals surface area contributed by atoms with Gasteiger partial charge in [-0.1, -0.05) is 12.1 Å². The molecule has 1 atom stereocenters. The van der Waals surface area contributed by atoms with Crippen molar-refractivity contribution in [1.82, 2.24) is 14.0 Å². The van der Waals surface area contributed by atoms with Crippen LogP contribution in [-0.2, 0) is 16.0 Å². The number of rotatable bonds is 5. The van der Waals surface area contributed by atoms with Crippen molar-refractivity contribution in [2.24, 2.45) is 4.99 Å². The van der Waals surface area contributed by atoms with Crippen molar-refractivity contribution in [3.05, 3.63) is 86.8 Å². The first-order valence-corrected chi connectivity index (χ1v) is 12.4. The Morgan fingerprint density at radius 1 is 1.16 bits per heavy atom. The van der Waals surface area contributed by atoms with E-state index >= 15 is 0 Å². The van der Waals surface area contributed by atoms with Gasteiger partial charge in [0.15, 0.2) is 5.49 Å². The van der Waals surface area contributed by atoms with Crippen molar-refractivity contribution in [1.29, 1.82) is 0 Å². The van der Waals surface area contributed by atoms with Gasteiger partial charge in [0.2, 0.25) is 0 Å². The summed E-state index contributed by atoms with van der Waals surface area (Å²) in [6.45, 7) is 6.60. The summed E-state index contributed by atoms with van der Waals surface area (Å²) in [6, 6.07) is 12.0. The van der Waals surface area contributed by atoms with E-state index in [-0.39, 0.29) is 41.3 Å². The van der Waals surface area contributed by atoms with E-state index in [4.69, 9.17) is 14.5 Å². The molecule has 37 heavy (non-hydrogen) atoms. The average molecular weight is 501 g/mol. The predicted molar refractivity (Wildman–Crippen MR) is 138 cm³/mol. The van der Waals surface area contributed by atoms with Gasteiger partial charge < -0.3 is 14.0 Å². The SMILES string of the molecule is CCOC(=O)c1cc2c(=O)n3ccccc3nc2n(CC2CCCO2)c1=NC(=O)c1ccc(C)c(C)c1. The van der Waals surface area contributed by atoms with Crippen molar-refractivity contribution in [2.75, 3.05) is 13.2 Å². The maximum Gasteiger partial charge on any atom is 0.341 e. The number of benzene rings is 1.